The van der Waals surface area contributed by atoms with Gasteiger partial charge in [0, 0.05) is 49.8 Å². The van der Waals surface area contributed by atoms with Gasteiger partial charge in [-0.1, -0.05) is 11.6 Å². The van der Waals surface area contributed by atoms with Crippen molar-refractivity contribution in [2.75, 3.05) is 11.6 Å². The van der Waals surface area contributed by atoms with Gasteiger partial charge in [-0.05, 0) is 42.8 Å². The van der Waals surface area contributed by atoms with Crippen molar-refractivity contribution in [3.8, 4) is 0 Å². The van der Waals surface area contributed by atoms with E-state index in [0.29, 0.717) is 10.8 Å². The largest absolute Gasteiger partial charge is 0.380 e. The zero-order chi connectivity index (χ0) is 13.8. The number of benzene rings is 1. The summed E-state index contributed by atoms with van der Waals surface area (Å²) < 4.78 is 11.3. The summed E-state index contributed by atoms with van der Waals surface area (Å²) in [6, 6.07) is 10.0. The lowest BCUT2D eigenvalue weighted by Crippen LogP contribution is -1.99. The molecule has 1 aromatic heterocycles. The van der Waals surface area contributed by atoms with E-state index >= 15 is 0 Å². The molecule has 1 unspecified atom stereocenters. The molecule has 0 saturated carbocycles. The summed E-state index contributed by atoms with van der Waals surface area (Å²) in [7, 11) is -0.882. The van der Waals surface area contributed by atoms with Crippen LogP contribution in [0.3, 0.4) is 0 Å². The molecule has 0 aliphatic rings. The molecule has 1 heterocycles. The van der Waals surface area contributed by atoms with Crippen molar-refractivity contribution in [3.63, 3.8) is 0 Å². The molecule has 0 bridgehead atoms. The Labute approximate surface area is 125 Å². The van der Waals surface area contributed by atoms with E-state index in [1.807, 2.05) is 18.2 Å². The van der Waals surface area contributed by atoms with Crippen LogP contribution in [0, 0.1) is 6.92 Å². The Hall–Kier alpha value is -0.840. The lowest BCUT2D eigenvalue weighted by molar-refractivity contribution is 0.686. The standard InChI is InChI=1S/C14H16ClNOS2/c1-10-3-5-13(18-10)8-16-12-4-6-14(15)11(7-12)9-19(2)17/h3-7,16H,8-9H2,1-2H3. The van der Waals surface area contributed by atoms with Crippen molar-refractivity contribution >= 4 is 39.4 Å². The maximum absolute atomic E-state index is 11.3. The molecule has 102 valence electrons. The number of thiophene rings is 1. The van der Waals surface area contributed by atoms with Gasteiger partial charge in [0.05, 0.1) is 0 Å². The first kappa shape index (κ1) is 14.6. The molecule has 0 radical (unpaired) electrons. The lowest BCUT2D eigenvalue weighted by Gasteiger charge is -2.08. The minimum absolute atomic E-state index is 0.493. The second-order valence-electron chi connectivity index (χ2n) is 4.39. The van der Waals surface area contributed by atoms with Gasteiger partial charge in [0.1, 0.15) is 0 Å². The number of aryl methyl sites for hydroxylation is 1. The summed E-state index contributed by atoms with van der Waals surface area (Å²) in [5, 5.41) is 4.04. The van der Waals surface area contributed by atoms with Crippen LogP contribution in [0.4, 0.5) is 5.69 Å². The summed E-state index contributed by atoms with van der Waals surface area (Å²) in [4.78, 5) is 2.61. The van der Waals surface area contributed by atoms with Crippen molar-refractivity contribution in [3.05, 3.63) is 50.7 Å². The van der Waals surface area contributed by atoms with Crippen LogP contribution < -0.4 is 5.32 Å². The number of rotatable bonds is 5. The predicted octanol–water partition coefficient (Wildman–Crippen LogP) is 4.20. The molecule has 0 spiro atoms. The smallest absolute Gasteiger partial charge is 0.0498 e. The van der Waals surface area contributed by atoms with Crippen LogP contribution in [0.5, 0.6) is 0 Å². The molecule has 5 heteroatoms. The van der Waals surface area contributed by atoms with E-state index in [-0.39, 0.29) is 0 Å². The van der Waals surface area contributed by atoms with Crippen LogP contribution in [0.2, 0.25) is 5.02 Å². The van der Waals surface area contributed by atoms with Crippen molar-refractivity contribution in [1.82, 2.24) is 0 Å². The summed E-state index contributed by atoms with van der Waals surface area (Å²) in [6.07, 6.45) is 1.69. The second-order valence-corrected chi connectivity index (χ2v) is 7.60. The molecule has 0 amide bonds. The van der Waals surface area contributed by atoms with E-state index in [4.69, 9.17) is 11.6 Å². The first-order chi connectivity index (χ1) is 9.04. The Balaban J connectivity index is 2.06. The van der Waals surface area contributed by atoms with Crippen molar-refractivity contribution in [2.45, 2.75) is 19.2 Å². The molecule has 1 N–H and O–H groups in total. The van der Waals surface area contributed by atoms with Gasteiger partial charge >= 0.3 is 0 Å². The van der Waals surface area contributed by atoms with E-state index in [9.17, 15) is 4.21 Å². The fourth-order valence-corrected chi connectivity index (χ4v) is 3.55. The third kappa shape index (κ3) is 4.34. The van der Waals surface area contributed by atoms with E-state index < -0.39 is 10.8 Å². The first-order valence-electron chi connectivity index (χ1n) is 5.92. The number of halogens is 1. The van der Waals surface area contributed by atoms with Crippen LogP contribution >= 0.6 is 22.9 Å². The van der Waals surface area contributed by atoms with Crippen LogP contribution in [0.15, 0.2) is 30.3 Å². The van der Waals surface area contributed by atoms with Crippen LogP contribution in [0.25, 0.3) is 0 Å². The topological polar surface area (TPSA) is 29.1 Å². The first-order valence-corrected chi connectivity index (χ1v) is 8.84. The van der Waals surface area contributed by atoms with Crippen LogP contribution in [0.1, 0.15) is 15.3 Å². The minimum atomic E-state index is -0.882. The fraction of sp³-hybridized carbons (Fsp3) is 0.286. The Morgan fingerprint density at radius 3 is 2.74 bits per heavy atom. The molecular weight excluding hydrogens is 298 g/mol. The molecule has 1 aromatic carbocycles. The van der Waals surface area contributed by atoms with Gasteiger partial charge in [0.25, 0.3) is 0 Å². The third-order valence-electron chi connectivity index (χ3n) is 2.67. The van der Waals surface area contributed by atoms with Gasteiger partial charge in [0.2, 0.25) is 0 Å². The summed E-state index contributed by atoms with van der Waals surface area (Å²) in [6.45, 7) is 2.90. The van der Waals surface area contributed by atoms with Gasteiger partial charge in [0.15, 0.2) is 0 Å². The predicted molar refractivity (Wildman–Crippen MR) is 85.6 cm³/mol. The number of hydrogen-bond donors (Lipinski definition) is 1. The molecule has 0 aliphatic heterocycles. The average Bonchev–Trinajstić information content (AvgIpc) is 2.75. The summed E-state index contributed by atoms with van der Waals surface area (Å²) in [5.74, 6) is 0.493. The average molecular weight is 314 g/mol. The monoisotopic (exact) mass is 313 g/mol. The Morgan fingerprint density at radius 1 is 1.32 bits per heavy atom. The summed E-state index contributed by atoms with van der Waals surface area (Å²) >= 11 is 7.89. The van der Waals surface area contributed by atoms with Crippen LogP contribution in [-0.2, 0) is 23.1 Å². The van der Waals surface area contributed by atoms with E-state index in [2.05, 4.69) is 24.4 Å². The third-order valence-corrected chi connectivity index (χ3v) is 4.75. The highest BCUT2D eigenvalue weighted by Crippen LogP contribution is 2.23. The van der Waals surface area contributed by atoms with Crippen molar-refractivity contribution in [1.29, 1.82) is 0 Å². The zero-order valence-electron chi connectivity index (χ0n) is 10.9. The van der Waals surface area contributed by atoms with Gasteiger partial charge in [-0.2, -0.15) is 0 Å². The minimum Gasteiger partial charge on any atom is -0.380 e. The molecule has 19 heavy (non-hydrogen) atoms. The highest BCUT2D eigenvalue weighted by molar-refractivity contribution is 7.83. The van der Waals surface area contributed by atoms with E-state index in [1.165, 1.54) is 9.75 Å². The maximum atomic E-state index is 11.3. The van der Waals surface area contributed by atoms with Crippen LogP contribution in [-0.4, -0.2) is 10.5 Å². The Morgan fingerprint density at radius 2 is 2.11 bits per heavy atom. The zero-order valence-corrected chi connectivity index (χ0v) is 13.3. The number of nitrogens with one attached hydrogen (secondary N) is 1. The van der Waals surface area contributed by atoms with Crippen molar-refractivity contribution < 1.29 is 4.21 Å². The van der Waals surface area contributed by atoms with Gasteiger partial charge < -0.3 is 5.32 Å². The molecule has 0 fully saturated rings. The van der Waals surface area contributed by atoms with E-state index in [1.54, 1.807) is 17.6 Å². The molecule has 2 rings (SSSR count). The quantitative estimate of drug-likeness (QED) is 0.896. The number of hydrogen-bond acceptors (Lipinski definition) is 3. The molecule has 0 saturated heterocycles. The fourth-order valence-electron chi connectivity index (χ4n) is 1.78. The molecule has 0 aliphatic carbocycles. The molecule has 2 nitrogen and oxygen atoms in total. The van der Waals surface area contributed by atoms with Gasteiger partial charge in [-0.3, -0.25) is 4.21 Å². The van der Waals surface area contributed by atoms with Gasteiger partial charge in [-0.15, -0.1) is 11.3 Å². The highest BCUT2D eigenvalue weighted by atomic mass is 35.5. The summed E-state index contributed by atoms with van der Waals surface area (Å²) in [5.41, 5.74) is 1.94. The SMILES string of the molecule is Cc1ccc(CNc2ccc(Cl)c(CS(C)=O)c2)s1. The lowest BCUT2D eigenvalue weighted by atomic mass is 10.2. The molecule has 2 aromatic rings. The van der Waals surface area contributed by atoms with Gasteiger partial charge in [-0.25, -0.2) is 0 Å². The Bertz CT molecular complexity index is 595. The van der Waals surface area contributed by atoms with E-state index in [0.717, 1.165) is 17.8 Å². The number of anilines is 1. The van der Waals surface area contributed by atoms with Crippen molar-refractivity contribution in [2.24, 2.45) is 0 Å². The highest BCUT2D eigenvalue weighted by Gasteiger charge is 2.04. The second kappa shape index (κ2) is 6.55. The normalized spacial score (nSPS) is 12.4. The maximum Gasteiger partial charge on any atom is 0.0498 e. The molecule has 1 atom stereocenters. The molecular formula is C14H16ClNOS2. The Kier molecular flexibility index (Phi) is 5.02.